The van der Waals surface area contributed by atoms with Gasteiger partial charge in [0.1, 0.15) is 5.75 Å². The fourth-order valence-corrected chi connectivity index (χ4v) is 2.88. The number of benzene rings is 1. The second kappa shape index (κ2) is 11.6. The standard InChI is InChI=1S/C19H32NO6P/c1-16(2)6-4-3-5-13-25-18-9-7-17(8-10-18)11-12-19(20,14-21)15-26-27(22,23)24/h7-10,21H,1,3-6,11-15,20H2,2H3,(H2,22,23,24). The van der Waals surface area contributed by atoms with E-state index in [9.17, 15) is 9.67 Å². The van der Waals surface area contributed by atoms with E-state index in [1.165, 1.54) is 5.57 Å². The topological polar surface area (TPSA) is 122 Å². The van der Waals surface area contributed by atoms with E-state index in [-0.39, 0.29) is 0 Å². The number of ether oxygens (including phenoxy) is 1. The van der Waals surface area contributed by atoms with Crippen molar-refractivity contribution in [2.45, 2.75) is 51.0 Å². The van der Waals surface area contributed by atoms with E-state index in [0.717, 1.165) is 37.0 Å². The average molecular weight is 401 g/mol. The Morgan fingerprint density at radius 2 is 1.89 bits per heavy atom. The smallest absolute Gasteiger partial charge is 0.469 e. The number of phosphoric acid groups is 1. The highest BCUT2D eigenvalue weighted by atomic mass is 31.2. The molecule has 154 valence electrons. The Morgan fingerprint density at radius 1 is 1.22 bits per heavy atom. The quantitative estimate of drug-likeness (QED) is 0.215. The highest BCUT2D eigenvalue weighted by molar-refractivity contribution is 7.46. The summed E-state index contributed by atoms with van der Waals surface area (Å²) in [5.74, 6) is 0.796. The van der Waals surface area contributed by atoms with Gasteiger partial charge in [-0.2, -0.15) is 0 Å². The number of allylic oxidation sites excluding steroid dienone is 1. The first-order valence-corrected chi connectivity index (χ1v) is 10.6. The van der Waals surface area contributed by atoms with Gasteiger partial charge in [-0.15, -0.1) is 6.58 Å². The van der Waals surface area contributed by atoms with E-state index in [2.05, 4.69) is 11.1 Å². The van der Waals surface area contributed by atoms with Gasteiger partial charge in [-0.05, 0) is 63.1 Å². The lowest BCUT2D eigenvalue weighted by Gasteiger charge is -2.27. The van der Waals surface area contributed by atoms with E-state index >= 15 is 0 Å². The molecule has 1 rings (SSSR count). The van der Waals surface area contributed by atoms with Crippen molar-refractivity contribution in [1.29, 1.82) is 0 Å². The summed E-state index contributed by atoms with van der Waals surface area (Å²) in [5, 5.41) is 9.41. The summed E-state index contributed by atoms with van der Waals surface area (Å²) in [4.78, 5) is 17.5. The van der Waals surface area contributed by atoms with Gasteiger partial charge >= 0.3 is 7.82 Å². The normalized spacial score (nSPS) is 14.0. The molecule has 0 saturated carbocycles. The molecule has 0 heterocycles. The maximum Gasteiger partial charge on any atom is 0.469 e. The van der Waals surface area contributed by atoms with Crippen LogP contribution in [0.5, 0.6) is 5.75 Å². The van der Waals surface area contributed by atoms with Crippen LogP contribution in [0.2, 0.25) is 0 Å². The maximum atomic E-state index is 10.8. The van der Waals surface area contributed by atoms with Crippen molar-refractivity contribution in [3.8, 4) is 5.75 Å². The van der Waals surface area contributed by atoms with Gasteiger partial charge in [0.15, 0.2) is 0 Å². The Bertz CT molecular complexity index is 615. The molecule has 0 aromatic heterocycles. The van der Waals surface area contributed by atoms with Crippen molar-refractivity contribution < 1.29 is 28.7 Å². The monoisotopic (exact) mass is 401 g/mol. The van der Waals surface area contributed by atoms with Gasteiger partial charge in [-0.3, -0.25) is 4.52 Å². The molecule has 0 aliphatic heterocycles. The van der Waals surface area contributed by atoms with E-state index in [1.54, 1.807) is 0 Å². The van der Waals surface area contributed by atoms with Crippen LogP contribution in [0.25, 0.3) is 0 Å². The Kier molecular flexibility index (Phi) is 10.2. The van der Waals surface area contributed by atoms with E-state index in [1.807, 2.05) is 31.2 Å². The SMILES string of the molecule is C=C(C)CCCCCOc1ccc(CCC(N)(CO)COP(=O)(O)O)cc1. The fraction of sp³-hybridized carbons (Fsp3) is 0.579. The third kappa shape index (κ3) is 11.3. The lowest BCUT2D eigenvalue weighted by molar-refractivity contribution is 0.102. The zero-order chi connectivity index (χ0) is 20.3. The van der Waals surface area contributed by atoms with Crippen LogP contribution in [-0.4, -0.2) is 40.3 Å². The molecule has 0 aliphatic carbocycles. The molecule has 8 heteroatoms. The first-order valence-electron chi connectivity index (χ1n) is 9.09. The van der Waals surface area contributed by atoms with Gasteiger partial charge in [0.25, 0.3) is 0 Å². The summed E-state index contributed by atoms with van der Waals surface area (Å²) in [6.45, 7) is 5.76. The van der Waals surface area contributed by atoms with Gasteiger partial charge in [-0.25, -0.2) is 4.57 Å². The minimum Gasteiger partial charge on any atom is -0.494 e. The largest absolute Gasteiger partial charge is 0.494 e. The lowest BCUT2D eigenvalue weighted by Crippen LogP contribution is -2.48. The Balaban J connectivity index is 2.36. The maximum absolute atomic E-state index is 10.8. The average Bonchev–Trinajstić information content (AvgIpc) is 2.61. The number of rotatable bonds is 14. The minimum atomic E-state index is -4.61. The summed E-state index contributed by atoms with van der Waals surface area (Å²) in [7, 11) is -4.61. The third-order valence-corrected chi connectivity index (χ3v) is 4.65. The molecule has 7 nitrogen and oxygen atoms in total. The van der Waals surface area contributed by atoms with Crippen LogP contribution in [-0.2, 0) is 15.5 Å². The molecule has 1 aromatic rings. The number of aliphatic hydroxyl groups is 1. The van der Waals surface area contributed by atoms with Crippen LogP contribution in [0, 0.1) is 0 Å². The number of unbranched alkanes of at least 4 members (excludes halogenated alkanes) is 2. The number of aliphatic hydroxyl groups excluding tert-OH is 1. The van der Waals surface area contributed by atoms with E-state index < -0.39 is 26.6 Å². The highest BCUT2D eigenvalue weighted by Gasteiger charge is 2.28. The van der Waals surface area contributed by atoms with Crippen molar-refractivity contribution >= 4 is 7.82 Å². The van der Waals surface area contributed by atoms with E-state index in [0.29, 0.717) is 19.4 Å². The predicted octanol–water partition coefficient (Wildman–Crippen LogP) is 2.93. The minimum absolute atomic E-state index is 0.326. The first kappa shape index (κ1) is 23.8. The molecule has 0 spiro atoms. The van der Waals surface area contributed by atoms with Crippen LogP contribution in [0.3, 0.4) is 0 Å². The molecule has 5 N–H and O–H groups in total. The molecule has 0 saturated heterocycles. The second-order valence-corrected chi connectivity index (χ2v) is 8.28. The van der Waals surface area contributed by atoms with Crippen molar-refractivity contribution in [3.05, 3.63) is 42.0 Å². The highest BCUT2D eigenvalue weighted by Crippen LogP contribution is 2.36. The van der Waals surface area contributed by atoms with Crippen molar-refractivity contribution in [1.82, 2.24) is 0 Å². The molecule has 0 radical (unpaired) electrons. The lowest BCUT2D eigenvalue weighted by atomic mass is 9.94. The molecule has 1 aromatic carbocycles. The summed E-state index contributed by atoms with van der Waals surface area (Å²) in [6, 6.07) is 7.59. The molecular weight excluding hydrogens is 369 g/mol. The Hall–Kier alpha value is -1.21. The molecule has 1 atom stereocenters. The van der Waals surface area contributed by atoms with Gasteiger partial charge in [0.2, 0.25) is 0 Å². The molecule has 27 heavy (non-hydrogen) atoms. The zero-order valence-electron chi connectivity index (χ0n) is 16.0. The summed E-state index contributed by atoms with van der Waals surface area (Å²) >= 11 is 0. The predicted molar refractivity (Wildman–Crippen MR) is 106 cm³/mol. The van der Waals surface area contributed by atoms with Crippen LogP contribution in [0.15, 0.2) is 36.4 Å². The van der Waals surface area contributed by atoms with Crippen LogP contribution >= 0.6 is 7.82 Å². The zero-order valence-corrected chi connectivity index (χ0v) is 16.9. The van der Waals surface area contributed by atoms with Crippen molar-refractivity contribution in [3.63, 3.8) is 0 Å². The molecule has 0 bridgehead atoms. The Morgan fingerprint density at radius 3 is 2.44 bits per heavy atom. The number of hydrogen-bond acceptors (Lipinski definition) is 5. The van der Waals surface area contributed by atoms with Crippen LogP contribution in [0.1, 0.15) is 44.6 Å². The Labute approximate surface area is 161 Å². The van der Waals surface area contributed by atoms with Gasteiger partial charge in [0, 0.05) is 0 Å². The van der Waals surface area contributed by atoms with E-state index in [4.69, 9.17) is 20.3 Å². The van der Waals surface area contributed by atoms with Gasteiger partial charge in [-0.1, -0.05) is 17.7 Å². The summed E-state index contributed by atoms with van der Waals surface area (Å²) in [6.07, 6.45) is 5.18. The number of hydrogen-bond donors (Lipinski definition) is 4. The molecule has 0 fully saturated rings. The number of aryl methyl sites for hydroxylation is 1. The second-order valence-electron chi connectivity index (χ2n) is 7.04. The van der Waals surface area contributed by atoms with Crippen molar-refractivity contribution in [2.75, 3.05) is 19.8 Å². The van der Waals surface area contributed by atoms with Crippen LogP contribution in [0.4, 0.5) is 0 Å². The first-order chi connectivity index (χ1) is 12.6. The molecule has 0 amide bonds. The molecule has 0 aliphatic rings. The fourth-order valence-electron chi connectivity index (χ4n) is 2.45. The third-order valence-electron chi connectivity index (χ3n) is 4.19. The summed E-state index contributed by atoms with van der Waals surface area (Å²) < 4.78 is 20.9. The van der Waals surface area contributed by atoms with Gasteiger partial charge < -0.3 is 25.4 Å². The molecule has 1 unspecified atom stereocenters. The van der Waals surface area contributed by atoms with Gasteiger partial charge in [0.05, 0.1) is 25.4 Å². The van der Waals surface area contributed by atoms with Crippen molar-refractivity contribution in [2.24, 2.45) is 5.73 Å². The number of phosphoric ester groups is 1. The molecular formula is C19H32NO6P. The van der Waals surface area contributed by atoms with Crippen LogP contribution < -0.4 is 10.5 Å². The summed E-state index contributed by atoms with van der Waals surface area (Å²) in [5.41, 5.74) is 6.95. The number of nitrogens with two attached hydrogens (primary N) is 1.